The molecule has 1 atom stereocenters. The van der Waals surface area contributed by atoms with Gasteiger partial charge in [-0.15, -0.1) is 0 Å². The Labute approximate surface area is 129 Å². The number of hydrogen-bond acceptors (Lipinski definition) is 2. The van der Waals surface area contributed by atoms with E-state index < -0.39 is 0 Å². The molecular weight excluding hydrogens is 314 g/mol. The maximum atomic E-state index is 5.26. The van der Waals surface area contributed by atoms with Gasteiger partial charge in [0.15, 0.2) is 0 Å². The summed E-state index contributed by atoms with van der Waals surface area (Å²) in [5, 5.41) is 3.56. The molecule has 0 heterocycles. The molecule has 106 valence electrons. The molecule has 0 bridgehead atoms. The highest BCUT2D eigenvalue weighted by molar-refractivity contribution is 9.10. The predicted octanol–water partition coefficient (Wildman–Crippen LogP) is 4.62. The second-order valence-electron chi connectivity index (χ2n) is 4.92. The van der Waals surface area contributed by atoms with Gasteiger partial charge in [0.05, 0.1) is 11.6 Å². The highest BCUT2D eigenvalue weighted by Gasteiger charge is 2.08. The summed E-state index contributed by atoms with van der Waals surface area (Å²) in [4.78, 5) is 0. The summed E-state index contributed by atoms with van der Waals surface area (Å²) >= 11 is 3.53. The van der Waals surface area contributed by atoms with Crippen molar-refractivity contribution in [1.82, 2.24) is 5.32 Å². The largest absolute Gasteiger partial charge is 0.496 e. The third-order valence-electron chi connectivity index (χ3n) is 3.54. The Morgan fingerprint density at radius 2 is 1.95 bits per heavy atom. The summed E-state index contributed by atoms with van der Waals surface area (Å²) in [5.41, 5.74) is 3.90. The smallest absolute Gasteiger partial charge is 0.133 e. The van der Waals surface area contributed by atoms with Crippen molar-refractivity contribution >= 4 is 15.9 Å². The molecular formula is C17H20BrNO. The van der Waals surface area contributed by atoms with Crippen molar-refractivity contribution in [2.45, 2.75) is 26.4 Å². The minimum atomic E-state index is 0.289. The van der Waals surface area contributed by atoms with Crippen molar-refractivity contribution < 1.29 is 4.74 Å². The first-order valence-corrected chi connectivity index (χ1v) is 7.52. The number of halogens is 1. The molecule has 0 aromatic heterocycles. The number of methoxy groups -OCH3 is 1. The maximum Gasteiger partial charge on any atom is 0.133 e. The van der Waals surface area contributed by atoms with Gasteiger partial charge in [0.25, 0.3) is 0 Å². The second-order valence-corrected chi connectivity index (χ2v) is 5.78. The van der Waals surface area contributed by atoms with Gasteiger partial charge < -0.3 is 10.1 Å². The van der Waals surface area contributed by atoms with Gasteiger partial charge >= 0.3 is 0 Å². The molecule has 2 aromatic rings. The second kappa shape index (κ2) is 6.91. The fraction of sp³-hybridized carbons (Fsp3) is 0.294. The summed E-state index contributed by atoms with van der Waals surface area (Å²) in [6.07, 6.45) is 0. The van der Waals surface area contributed by atoms with Gasteiger partial charge in [0.2, 0.25) is 0 Å². The van der Waals surface area contributed by atoms with Crippen molar-refractivity contribution in [2.75, 3.05) is 7.11 Å². The van der Waals surface area contributed by atoms with Crippen LogP contribution in [0.2, 0.25) is 0 Å². The van der Waals surface area contributed by atoms with Gasteiger partial charge in [-0.05, 0) is 58.6 Å². The van der Waals surface area contributed by atoms with E-state index in [4.69, 9.17) is 4.74 Å². The zero-order chi connectivity index (χ0) is 14.5. The molecule has 0 aliphatic carbocycles. The summed E-state index contributed by atoms with van der Waals surface area (Å²) in [6.45, 7) is 5.19. The standard InChI is InChI=1S/C17H20BrNO/c1-12-6-4-5-7-15(12)11-19-13(2)14-8-9-17(20-3)16(18)10-14/h4-10,13,19H,11H2,1-3H3. The molecule has 1 unspecified atom stereocenters. The Balaban J connectivity index is 2.03. The lowest BCUT2D eigenvalue weighted by Gasteiger charge is -2.16. The van der Waals surface area contributed by atoms with Gasteiger partial charge in [-0.3, -0.25) is 0 Å². The van der Waals surface area contributed by atoms with Gasteiger partial charge in [-0.1, -0.05) is 30.3 Å². The van der Waals surface area contributed by atoms with E-state index in [-0.39, 0.29) is 6.04 Å². The topological polar surface area (TPSA) is 21.3 Å². The van der Waals surface area contributed by atoms with Crippen LogP contribution in [-0.2, 0) is 6.54 Å². The van der Waals surface area contributed by atoms with E-state index in [2.05, 4.69) is 71.5 Å². The van der Waals surface area contributed by atoms with Gasteiger partial charge in [-0.2, -0.15) is 0 Å². The monoisotopic (exact) mass is 333 g/mol. The lowest BCUT2D eigenvalue weighted by Crippen LogP contribution is -2.18. The minimum absolute atomic E-state index is 0.289. The lowest BCUT2D eigenvalue weighted by atomic mass is 10.1. The van der Waals surface area contributed by atoms with Crippen LogP contribution in [0.3, 0.4) is 0 Å². The number of benzene rings is 2. The van der Waals surface area contributed by atoms with E-state index in [0.29, 0.717) is 0 Å². The molecule has 0 aliphatic heterocycles. The van der Waals surface area contributed by atoms with Crippen LogP contribution in [0.4, 0.5) is 0 Å². The molecule has 0 fully saturated rings. The van der Waals surface area contributed by atoms with E-state index in [1.807, 2.05) is 6.07 Å². The Bertz CT molecular complexity index is 583. The molecule has 3 heteroatoms. The zero-order valence-corrected chi connectivity index (χ0v) is 13.7. The molecule has 2 rings (SSSR count). The van der Waals surface area contributed by atoms with Crippen molar-refractivity contribution in [3.63, 3.8) is 0 Å². The van der Waals surface area contributed by atoms with Crippen LogP contribution < -0.4 is 10.1 Å². The number of nitrogens with one attached hydrogen (secondary N) is 1. The molecule has 0 amide bonds. The average molecular weight is 334 g/mol. The third-order valence-corrected chi connectivity index (χ3v) is 4.16. The average Bonchev–Trinajstić information content (AvgIpc) is 2.46. The highest BCUT2D eigenvalue weighted by atomic mass is 79.9. The van der Waals surface area contributed by atoms with Crippen LogP contribution in [0, 0.1) is 6.92 Å². The van der Waals surface area contributed by atoms with Crippen molar-refractivity contribution in [3.8, 4) is 5.75 Å². The Morgan fingerprint density at radius 1 is 1.20 bits per heavy atom. The predicted molar refractivity (Wildman–Crippen MR) is 87.1 cm³/mol. The Kier molecular flexibility index (Phi) is 5.21. The Hall–Kier alpha value is -1.32. The fourth-order valence-electron chi connectivity index (χ4n) is 2.14. The number of ether oxygens (including phenoxy) is 1. The van der Waals surface area contributed by atoms with Crippen molar-refractivity contribution in [2.24, 2.45) is 0 Å². The van der Waals surface area contributed by atoms with Crippen LogP contribution in [0.15, 0.2) is 46.9 Å². The van der Waals surface area contributed by atoms with Gasteiger partial charge in [0.1, 0.15) is 5.75 Å². The molecule has 2 aromatic carbocycles. The molecule has 2 nitrogen and oxygen atoms in total. The summed E-state index contributed by atoms with van der Waals surface area (Å²) in [6, 6.07) is 14.9. The summed E-state index contributed by atoms with van der Waals surface area (Å²) < 4.78 is 6.25. The summed E-state index contributed by atoms with van der Waals surface area (Å²) in [5.74, 6) is 0.861. The molecule has 0 saturated heterocycles. The highest BCUT2D eigenvalue weighted by Crippen LogP contribution is 2.28. The van der Waals surface area contributed by atoms with Crippen LogP contribution in [0.1, 0.15) is 29.7 Å². The number of hydrogen-bond donors (Lipinski definition) is 1. The van der Waals surface area contributed by atoms with Crippen LogP contribution in [-0.4, -0.2) is 7.11 Å². The molecule has 20 heavy (non-hydrogen) atoms. The molecule has 0 spiro atoms. The first-order valence-electron chi connectivity index (χ1n) is 6.73. The van der Waals surface area contributed by atoms with Crippen LogP contribution in [0.25, 0.3) is 0 Å². The van der Waals surface area contributed by atoms with E-state index in [1.54, 1.807) is 7.11 Å². The van der Waals surface area contributed by atoms with E-state index >= 15 is 0 Å². The third kappa shape index (κ3) is 3.62. The van der Waals surface area contributed by atoms with Gasteiger partial charge in [0, 0.05) is 12.6 Å². The Morgan fingerprint density at radius 3 is 2.60 bits per heavy atom. The normalized spacial score (nSPS) is 12.2. The van der Waals surface area contributed by atoms with Crippen molar-refractivity contribution in [3.05, 3.63) is 63.6 Å². The first kappa shape index (κ1) is 15.1. The molecule has 0 saturated carbocycles. The zero-order valence-electron chi connectivity index (χ0n) is 12.1. The SMILES string of the molecule is COc1ccc(C(C)NCc2ccccc2C)cc1Br. The fourth-order valence-corrected chi connectivity index (χ4v) is 2.70. The van der Waals surface area contributed by atoms with E-state index in [1.165, 1.54) is 16.7 Å². The quantitative estimate of drug-likeness (QED) is 0.862. The van der Waals surface area contributed by atoms with E-state index in [9.17, 15) is 0 Å². The minimum Gasteiger partial charge on any atom is -0.496 e. The lowest BCUT2D eigenvalue weighted by molar-refractivity contribution is 0.411. The van der Waals surface area contributed by atoms with E-state index in [0.717, 1.165) is 16.8 Å². The first-order chi connectivity index (χ1) is 9.61. The summed E-state index contributed by atoms with van der Waals surface area (Å²) in [7, 11) is 1.68. The van der Waals surface area contributed by atoms with Crippen LogP contribution >= 0.6 is 15.9 Å². The molecule has 1 N–H and O–H groups in total. The maximum absolute atomic E-state index is 5.26. The van der Waals surface area contributed by atoms with Gasteiger partial charge in [-0.25, -0.2) is 0 Å². The van der Waals surface area contributed by atoms with Crippen LogP contribution in [0.5, 0.6) is 5.75 Å². The number of rotatable bonds is 5. The molecule has 0 radical (unpaired) electrons. The van der Waals surface area contributed by atoms with Crippen molar-refractivity contribution in [1.29, 1.82) is 0 Å². The molecule has 0 aliphatic rings. The number of aryl methyl sites for hydroxylation is 1.